The highest BCUT2D eigenvalue weighted by molar-refractivity contribution is 7.88. The van der Waals surface area contributed by atoms with Crippen LogP contribution in [0.4, 0.5) is 0 Å². The number of ether oxygens (including phenoxy) is 2. The van der Waals surface area contributed by atoms with Crippen LogP contribution >= 0.6 is 0 Å². The van der Waals surface area contributed by atoms with Gasteiger partial charge < -0.3 is 9.47 Å². The Kier molecular flexibility index (Phi) is 6.68. The van der Waals surface area contributed by atoms with E-state index < -0.39 is 10.0 Å². The number of hydrogen-bond donors (Lipinski definition) is 0. The predicted molar refractivity (Wildman–Crippen MR) is 74.5 cm³/mol. The minimum absolute atomic E-state index is 0.125. The van der Waals surface area contributed by atoms with Crippen molar-refractivity contribution in [3.8, 4) is 0 Å². The van der Waals surface area contributed by atoms with Crippen molar-refractivity contribution in [2.45, 2.75) is 32.1 Å². The quantitative estimate of drug-likeness (QED) is 0.634. The molecule has 0 N–H and O–H groups in total. The normalized spacial score (nSPS) is 19.5. The molecule has 1 heterocycles. The number of nitrogens with zero attached hydrogens (tertiary/aromatic N) is 2. The Morgan fingerprint density at radius 1 is 1.26 bits per heavy atom. The molecule has 1 aliphatic heterocycles. The Hall–Kier alpha value is -0.210. The number of piperidine rings is 1. The maximum Gasteiger partial charge on any atom is 0.211 e. The largest absolute Gasteiger partial charge is 0.355 e. The van der Waals surface area contributed by atoms with Crippen molar-refractivity contribution in [3.63, 3.8) is 0 Å². The molecule has 6 nitrogen and oxygen atoms in total. The van der Waals surface area contributed by atoms with Crippen molar-refractivity contribution in [1.82, 2.24) is 9.21 Å². The second kappa shape index (κ2) is 7.54. The van der Waals surface area contributed by atoms with Crippen molar-refractivity contribution in [2.24, 2.45) is 0 Å². The minimum atomic E-state index is -3.10. The van der Waals surface area contributed by atoms with E-state index >= 15 is 0 Å². The van der Waals surface area contributed by atoms with Crippen LogP contribution in [-0.4, -0.2) is 76.6 Å². The lowest BCUT2D eigenvalue weighted by Crippen LogP contribution is -2.48. The van der Waals surface area contributed by atoms with Crippen molar-refractivity contribution in [2.75, 3.05) is 46.7 Å². The molecule has 0 radical (unpaired) electrons. The summed E-state index contributed by atoms with van der Waals surface area (Å²) in [5.41, 5.74) is 0. The first-order chi connectivity index (χ1) is 8.92. The van der Waals surface area contributed by atoms with Gasteiger partial charge in [-0.25, -0.2) is 8.42 Å². The zero-order chi connectivity index (χ0) is 14.5. The lowest BCUT2D eigenvalue weighted by Gasteiger charge is -2.37. The lowest BCUT2D eigenvalue weighted by atomic mass is 10.1. The number of methoxy groups -OCH3 is 2. The molecular formula is C12H26N2O4S. The van der Waals surface area contributed by atoms with Crippen molar-refractivity contribution in [3.05, 3.63) is 0 Å². The molecule has 1 rings (SSSR count). The van der Waals surface area contributed by atoms with Crippen LogP contribution in [0.5, 0.6) is 0 Å². The highest BCUT2D eigenvalue weighted by Gasteiger charge is 2.29. The molecule has 0 aromatic heterocycles. The van der Waals surface area contributed by atoms with Crippen LogP contribution in [0.25, 0.3) is 0 Å². The van der Waals surface area contributed by atoms with E-state index in [9.17, 15) is 8.42 Å². The van der Waals surface area contributed by atoms with Gasteiger partial charge in [-0.1, -0.05) is 6.92 Å². The summed E-state index contributed by atoms with van der Waals surface area (Å²) in [4.78, 5) is 2.25. The van der Waals surface area contributed by atoms with Crippen molar-refractivity contribution in [1.29, 1.82) is 0 Å². The van der Waals surface area contributed by atoms with Gasteiger partial charge in [-0.15, -0.1) is 0 Å². The standard InChI is InChI=1S/C12H26N2O4S/c1-5-14(19(4,15)16)11-6-8-13(9-7-11)10-12(17-2)18-3/h11-12H,5-10H2,1-4H3. The van der Waals surface area contributed by atoms with E-state index in [0.29, 0.717) is 6.54 Å². The summed E-state index contributed by atoms with van der Waals surface area (Å²) in [6, 6.07) is 0.125. The van der Waals surface area contributed by atoms with E-state index in [4.69, 9.17) is 9.47 Å². The summed E-state index contributed by atoms with van der Waals surface area (Å²) in [5, 5.41) is 0. The first-order valence-corrected chi connectivity index (χ1v) is 8.52. The van der Waals surface area contributed by atoms with Crippen LogP contribution < -0.4 is 0 Å². The molecule has 7 heteroatoms. The molecule has 0 aromatic carbocycles. The molecule has 0 saturated carbocycles. The average molecular weight is 294 g/mol. The van der Waals surface area contributed by atoms with Gasteiger partial charge in [0.05, 0.1) is 6.26 Å². The second-order valence-corrected chi connectivity index (χ2v) is 6.83. The van der Waals surface area contributed by atoms with Crippen LogP contribution in [0.15, 0.2) is 0 Å². The van der Waals surface area contributed by atoms with Gasteiger partial charge in [-0.3, -0.25) is 4.90 Å². The SMILES string of the molecule is CCN(C1CCN(CC(OC)OC)CC1)S(C)(=O)=O. The zero-order valence-electron chi connectivity index (χ0n) is 12.3. The Labute approximate surface area is 116 Å². The Bertz CT molecular complexity index is 349. The molecule has 1 saturated heterocycles. The maximum absolute atomic E-state index is 11.7. The molecule has 0 atom stereocenters. The molecule has 114 valence electrons. The third kappa shape index (κ3) is 5.00. The first-order valence-electron chi connectivity index (χ1n) is 6.67. The third-order valence-corrected chi connectivity index (χ3v) is 5.04. The summed E-state index contributed by atoms with van der Waals surface area (Å²) in [6.07, 6.45) is 2.80. The van der Waals surface area contributed by atoms with Gasteiger partial charge in [0, 0.05) is 33.4 Å². The van der Waals surface area contributed by atoms with E-state index in [-0.39, 0.29) is 12.3 Å². The van der Waals surface area contributed by atoms with Crippen molar-refractivity contribution < 1.29 is 17.9 Å². The van der Waals surface area contributed by atoms with Crippen LogP contribution in [-0.2, 0) is 19.5 Å². The molecule has 0 aliphatic carbocycles. The monoisotopic (exact) mass is 294 g/mol. The Morgan fingerprint density at radius 2 is 1.79 bits per heavy atom. The molecule has 19 heavy (non-hydrogen) atoms. The van der Waals surface area contributed by atoms with Gasteiger partial charge in [0.1, 0.15) is 0 Å². The number of hydrogen-bond acceptors (Lipinski definition) is 5. The fourth-order valence-electron chi connectivity index (χ4n) is 2.61. The van der Waals surface area contributed by atoms with Gasteiger partial charge in [-0.2, -0.15) is 4.31 Å². The molecule has 1 fully saturated rings. The molecule has 0 bridgehead atoms. The van der Waals surface area contributed by atoms with Gasteiger partial charge in [0.2, 0.25) is 10.0 Å². The fraction of sp³-hybridized carbons (Fsp3) is 1.00. The van der Waals surface area contributed by atoms with Crippen molar-refractivity contribution >= 4 is 10.0 Å². The van der Waals surface area contributed by atoms with Crippen LogP contribution in [0.2, 0.25) is 0 Å². The highest BCUT2D eigenvalue weighted by atomic mass is 32.2. The number of likely N-dealkylation sites (tertiary alicyclic amines) is 1. The van der Waals surface area contributed by atoms with Gasteiger partial charge >= 0.3 is 0 Å². The first kappa shape index (κ1) is 16.8. The Morgan fingerprint density at radius 3 is 2.16 bits per heavy atom. The van der Waals surface area contributed by atoms with E-state index in [1.54, 1.807) is 18.5 Å². The average Bonchev–Trinajstić information content (AvgIpc) is 2.37. The highest BCUT2D eigenvalue weighted by Crippen LogP contribution is 2.19. The van der Waals surface area contributed by atoms with E-state index in [1.165, 1.54) is 6.26 Å². The van der Waals surface area contributed by atoms with Gasteiger partial charge in [-0.05, 0) is 25.9 Å². The summed E-state index contributed by atoms with van der Waals surface area (Å²) >= 11 is 0. The molecule has 0 aromatic rings. The second-order valence-electron chi connectivity index (χ2n) is 4.90. The fourth-order valence-corrected chi connectivity index (χ4v) is 3.83. The van der Waals surface area contributed by atoms with E-state index in [0.717, 1.165) is 32.5 Å². The zero-order valence-corrected chi connectivity index (χ0v) is 13.1. The molecule has 1 aliphatic rings. The predicted octanol–water partition coefficient (Wildman–Crippen LogP) is 0.351. The van der Waals surface area contributed by atoms with Crippen LogP contribution in [0.1, 0.15) is 19.8 Å². The smallest absolute Gasteiger partial charge is 0.211 e. The van der Waals surface area contributed by atoms with E-state index in [2.05, 4.69) is 4.90 Å². The van der Waals surface area contributed by atoms with Crippen LogP contribution in [0.3, 0.4) is 0 Å². The third-order valence-electron chi connectivity index (χ3n) is 3.64. The molecule has 0 unspecified atom stereocenters. The topological polar surface area (TPSA) is 59.1 Å². The lowest BCUT2D eigenvalue weighted by molar-refractivity contribution is -0.118. The molecule has 0 spiro atoms. The van der Waals surface area contributed by atoms with Gasteiger partial charge in [0.15, 0.2) is 6.29 Å². The maximum atomic E-state index is 11.7. The Balaban J connectivity index is 2.48. The minimum Gasteiger partial charge on any atom is -0.355 e. The van der Waals surface area contributed by atoms with Gasteiger partial charge in [0.25, 0.3) is 0 Å². The number of rotatable bonds is 7. The van der Waals surface area contributed by atoms with E-state index in [1.807, 2.05) is 6.92 Å². The molecule has 0 amide bonds. The summed E-state index contributed by atoms with van der Waals surface area (Å²) in [7, 11) is 0.158. The summed E-state index contributed by atoms with van der Waals surface area (Å²) < 4.78 is 35.3. The molecular weight excluding hydrogens is 268 g/mol. The summed E-state index contributed by atoms with van der Waals surface area (Å²) in [5.74, 6) is 0. The summed E-state index contributed by atoms with van der Waals surface area (Å²) in [6.45, 7) is 4.91. The number of sulfonamides is 1. The van der Waals surface area contributed by atoms with Crippen LogP contribution in [0, 0.1) is 0 Å².